The zero-order chi connectivity index (χ0) is 60.8. The van der Waals surface area contributed by atoms with Gasteiger partial charge < -0.3 is 63.1 Å². The third-order valence-electron chi connectivity index (χ3n) is 16.0. The first-order valence-electron chi connectivity index (χ1n) is 28.2. The number of carboxylic acids is 1. The van der Waals surface area contributed by atoms with Gasteiger partial charge in [-0.15, -0.1) is 0 Å². The number of rotatable bonds is 28. The SMILES string of the molecule is CCN(C)Cc1cc2ccccc2n1CCC(=O)C[C@@H](CCC(=O)O)CNCCOCCOCCS(=O)(=O)N(C)[C@@H](C)C(=O)O[C@H]1CC(=O)N(C)c2cc(cc(OC)c2Cl)C/C(C)=C/C=C/[C@@H](OC)[C@@]2(O)C[C@H](OC(=O)N2)[C@@H](C)[C@@H]2O[C@]12C. The molecule has 4 bridgehead atoms. The number of sulfonamides is 1. The van der Waals surface area contributed by atoms with E-state index in [0.29, 0.717) is 50.3 Å². The number of hydrogen-bond acceptors (Lipinski definition) is 17. The quantitative estimate of drug-likeness (QED) is 0.0376. The number of aryl methyl sites for hydroxylation is 1. The summed E-state index contributed by atoms with van der Waals surface area (Å²) >= 11 is 6.82. The van der Waals surface area contributed by atoms with Crippen molar-refractivity contribution in [2.24, 2.45) is 11.8 Å². The van der Waals surface area contributed by atoms with Crippen LogP contribution in [0.4, 0.5) is 10.5 Å². The fraction of sp³-hybridized carbons (Fsp3) is 0.610. The molecule has 24 heteroatoms. The second kappa shape index (κ2) is 30.1. The number of carbonyl (C=O) groups excluding carboxylic acids is 4. The molecule has 3 aliphatic rings. The normalized spacial score (nSPS) is 25.0. The van der Waals surface area contributed by atoms with Gasteiger partial charge in [-0.1, -0.05) is 67.4 Å². The number of Topliss-reactive ketones (excluding diaryl/α,β-unsaturated/α-hetero) is 1. The van der Waals surface area contributed by atoms with E-state index >= 15 is 0 Å². The van der Waals surface area contributed by atoms with Crippen LogP contribution in [0.3, 0.4) is 0 Å². The number of carbonyl (C=O) groups is 5. The molecule has 1 aromatic heterocycles. The average Bonchev–Trinajstić information content (AvgIpc) is 2.15. The maximum absolute atomic E-state index is 14.4. The minimum Gasteiger partial charge on any atom is -0.495 e. The number of alkyl carbamates (subject to hydrolysis) is 1. The minimum absolute atomic E-state index is 0.0566. The number of nitrogens with one attached hydrogen (secondary N) is 2. The van der Waals surface area contributed by atoms with E-state index < -0.39 is 93.8 Å². The number of ether oxygens (including phenoxy) is 7. The van der Waals surface area contributed by atoms with E-state index in [9.17, 15) is 42.6 Å². The Balaban J connectivity index is 1.01. The molecule has 4 N–H and O–H groups in total. The third-order valence-corrected chi connectivity index (χ3v) is 18.3. The predicted octanol–water partition coefficient (Wildman–Crippen LogP) is 5.88. The Morgan fingerprint density at radius 2 is 1.77 bits per heavy atom. The number of methoxy groups -OCH3 is 2. The van der Waals surface area contributed by atoms with Gasteiger partial charge in [-0.05, 0) is 94.9 Å². The lowest BCUT2D eigenvalue weighted by Gasteiger charge is -2.42. The van der Waals surface area contributed by atoms with Gasteiger partial charge >= 0.3 is 18.0 Å². The fourth-order valence-electron chi connectivity index (χ4n) is 10.6. The van der Waals surface area contributed by atoms with Gasteiger partial charge in [0.25, 0.3) is 0 Å². The highest BCUT2D eigenvalue weighted by atomic mass is 35.5. The number of aliphatic hydroxyl groups is 1. The first-order chi connectivity index (χ1) is 39.3. The molecule has 0 radical (unpaired) electrons. The number of carboxylic acid groups (broad SMARTS) is 1. The number of fused-ring (bicyclic) bond motifs is 6. The zero-order valence-electron chi connectivity index (χ0n) is 49.5. The fourth-order valence-corrected chi connectivity index (χ4v) is 12.1. The van der Waals surface area contributed by atoms with Gasteiger partial charge in [0.2, 0.25) is 15.9 Å². The lowest BCUT2D eigenvalue weighted by Crippen LogP contribution is -2.63. The summed E-state index contributed by atoms with van der Waals surface area (Å²) in [6.45, 7) is 12.0. The van der Waals surface area contributed by atoms with Crippen molar-refractivity contribution in [1.29, 1.82) is 0 Å². The molecule has 4 heterocycles. The van der Waals surface area contributed by atoms with Crippen molar-refractivity contribution >= 4 is 67.9 Å². The number of para-hydroxylation sites is 1. The molecule has 83 heavy (non-hydrogen) atoms. The number of amides is 2. The molecule has 2 saturated heterocycles. The molecule has 0 saturated carbocycles. The summed E-state index contributed by atoms with van der Waals surface area (Å²) in [6.07, 6.45) is 0.951. The number of aromatic nitrogens is 1. The van der Waals surface area contributed by atoms with Crippen LogP contribution in [0.1, 0.15) is 84.4 Å². The second-order valence-electron chi connectivity index (χ2n) is 22.1. The number of esters is 1. The number of nitrogens with zero attached hydrogens (tertiary/aromatic N) is 4. The number of epoxide rings is 1. The molecule has 3 aromatic rings. The molecule has 9 atom stereocenters. The summed E-state index contributed by atoms with van der Waals surface area (Å²) in [5.41, 5.74) is 0.897. The van der Waals surface area contributed by atoms with E-state index in [1.807, 2.05) is 25.1 Å². The summed E-state index contributed by atoms with van der Waals surface area (Å²) < 4.78 is 71.0. The largest absolute Gasteiger partial charge is 0.495 e. The van der Waals surface area contributed by atoms with E-state index in [1.165, 1.54) is 40.1 Å². The van der Waals surface area contributed by atoms with Gasteiger partial charge in [0.1, 0.15) is 46.5 Å². The van der Waals surface area contributed by atoms with Crippen LogP contribution in [0.5, 0.6) is 5.75 Å². The van der Waals surface area contributed by atoms with E-state index in [4.69, 9.17) is 44.8 Å². The molecular weight excluding hydrogens is 1120 g/mol. The Bertz CT molecular complexity index is 2920. The van der Waals surface area contributed by atoms with Crippen molar-refractivity contribution in [3.63, 3.8) is 0 Å². The standard InChI is InChI=1S/C59H85ClN6O16S/c1-11-63(6)37-44-33-43-16-12-13-17-46(43)66(44)23-21-45(67)30-41(19-20-53(69)70)36-61-22-24-78-25-26-79-27-28-83(74,75)65(8)40(4)56(71)81-51-34-52(68)64(7)47-31-42(32-48(76-9)54(47)60)29-38(2)15-14-18-50(77-10)59(73)35-49(80-57(72)62-59)39(3)55-58(51,5)82-55/h12-18,31-33,39-41,49-51,55,61,73H,11,19-30,34-37H2,1-10H3,(H,62,72)(H,69,70)/b18-14+,38-15+/t39-,40+,41-,49+,50-,51+,55+,58-,59+/m1/s1. The second-order valence-corrected chi connectivity index (χ2v) is 24.7. The predicted molar refractivity (Wildman–Crippen MR) is 313 cm³/mol. The first kappa shape index (κ1) is 66.7. The number of allylic oxidation sites excluding steroid dienone is 3. The summed E-state index contributed by atoms with van der Waals surface area (Å²) in [6, 6.07) is 12.4. The van der Waals surface area contributed by atoms with Crippen LogP contribution in [0.25, 0.3) is 10.9 Å². The van der Waals surface area contributed by atoms with E-state index in [0.717, 1.165) is 45.1 Å². The Morgan fingerprint density at radius 3 is 2.47 bits per heavy atom. The number of anilines is 1. The Hall–Kier alpha value is -5.47. The summed E-state index contributed by atoms with van der Waals surface area (Å²) in [4.78, 5) is 69.9. The molecule has 3 aliphatic heterocycles. The van der Waals surface area contributed by atoms with Crippen molar-refractivity contribution in [2.45, 2.75) is 134 Å². The average molecular weight is 1200 g/mol. The Labute approximate surface area is 492 Å². The minimum atomic E-state index is -4.12. The monoisotopic (exact) mass is 1200 g/mol. The topological polar surface area (TPSA) is 267 Å². The van der Waals surface area contributed by atoms with Gasteiger partial charge in [-0.2, -0.15) is 4.31 Å². The smallest absolute Gasteiger partial charge is 0.409 e. The highest BCUT2D eigenvalue weighted by Gasteiger charge is 2.64. The molecule has 0 spiro atoms. The molecule has 22 nitrogen and oxygen atoms in total. The summed E-state index contributed by atoms with van der Waals surface area (Å²) in [5.74, 6) is -3.34. The number of benzene rings is 2. The molecule has 2 aromatic carbocycles. The van der Waals surface area contributed by atoms with Gasteiger partial charge in [-0.3, -0.25) is 24.5 Å². The van der Waals surface area contributed by atoms with E-state index in [-0.39, 0.29) is 62.4 Å². The highest BCUT2D eigenvalue weighted by Crippen LogP contribution is 2.49. The zero-order valence-corrected chi connectivity index (χ0v) is 51.1. The van der Waals surface area contributed by atoms with Gasteiger partial charge in [-0.25, -0.2) is 13.2 Å². The molecule has 0 unspecified atom stereocenters. The van der Waals surface area contributed by atoms with Crippen molar-refractivity contribution < 1.29 is 75.8 Å². The van der Waals surface area contributed by atoms with Crippen LogP contribution in [0.2, 0.25) is 5.02 Å². The summed E-state index contributed by atoms with van der Waals surface area (Å²) in [5, 5.41) is 28.3. The van der Waals surface area contributed by atoms with Gasteiger partial charge in [0.15, 0.2) is 5.72 Å². The van der Waals surface area contributed by atoms with Crippen LogP contribution in [-0.4, -0.2) is 191 Å². The van der Waals surface area contributed by atoms with E-state index in [1.54, 1.807) is 38.1 Å². The van der Waals surface area contributed by atoms with Crippen molar-refractivity contribution in [3.05, 3.63) is 82.5 Å². The number of aliphatic carboxylic acids is 1. The summed E-state index contributed by atoms with van der Waals surface area (Å²) in [7, 11) is 3.57. The molecule has 2 fully saturated rings. The van der Waals surface area contributed by atoms with E-state index in [2.05, 4.69) is 52.3 Å². The highest BCUT2D eigenvalue weighted by molar-refractivity contribution is 7.89. The molecule has 460 valence electrons. The molecule has 6 rings (SSSR count). The molecule has 2 amide bonds. The van der Waals surface area contributed by atoms with Crippen molar-refractivity contribution in [3.8, 4) is 5.75 Å². The molecule has 0 aliphatic carbocycles. The maximum Gasteiger partial charge on any atom is 0.409 e. The number of halogens is 1. The third kappa shape index (κ3) is 17.8. The lowest BCUT2D eigenvalue weighted by molar-refractivity contribution is -0.157. The van der Waals surface area contributed by atoms with Gasteiger partial charge in [0, 0.05) is 83.7 Å². The number of likely N-dealkylation sites (N-methyl/N-ethyl adjacent to an activating group) is 1. The van der Waals surface area contributed by atoms with Crippen molar-refractivity contribution in [1.82, 2.24) is 24.4 Å². The maximum atomic E-state index is 14.4. The molecular formula is C59H85ClN6O16S. The lowest BCUT2D eigenvalue weighted by atomic mass is 9.83. The Morgan fingerprint density at radius 1 is 1.05 bits per heavy atom. The number of ketones is 1. The number of hydrogen-bond donors (Lipinski definition) is 4. The van der Waals surface area contributed by atoms with Crippen LogP contribution in [-0.2, 0) is 77.1 Å². The van der Waals surface area contributed by atoms with Crippen LogP contribution >= 0.6 is 11.6 Å². The van der Waals surface area contributed by atoms with Crippen molar-refractivity contribution in [2.75, 3.05) is 92.1 Å². The van der Waals surface area contributed by atoms with Crippen LogP contribution < -0.4 is 20.3 Å². The van der Waals surface area contributed by atoms with Crippen LogP contribution in [0, 0.1) is 11.8 Å². The first-order valence-corrected chi connectivity index (χ1v) is 30.2. The Kier molecular flexibility index (Phi) is 24.1. The van der Waals surface area contributed by atoms with Crippen LogP contribution in [0.15, 0.2) is 66.3 Å². The van der Waals surface area contributed by atoms with Gasteiger partial charge in [0.05, 0.1) is 57.5 Å².